The fraction of sp³-hybridized carbons (Fsp3) is 0.438. The van der Waals surface area contributed by atoms with Crippen molar-refractivity contribution in [1.82, 2.24) is 9.78 Å². The quantitative estimate of drug-likeness (QED) is 0.861. The van der Waals surface area contributed by atoms with Crippen molar-refractivity contribution < 1.29 is 0 Å². The van der Waals surface area contributed by atoms with Crippen LogP contribution in [0.3, 0.4) is 0 Å². The first kappa shape index (κ1) is 13.8. The molecule has 3 nitrogen and oxygen atoms in total. The molecule has 0 saturated carbocycles. The molecule has 3 heteroatoms. The predicted octanol–water partition coefficient (Wildman–Crippen LogP) is 3.49. The lowest BCUT2D eigenvalue weighted by molar-refractivity contribution is 0.424. The second kappa shape index (κ2) is 6.53. The van der Waals surface area contributed by atoms with E-state index >= 15 is 0 Å². The summed E-state index contributed by atoms with van der Waals surface area (Å²) in [6.45, 7) is 4.40. The Kier molecular flexibility index (Phi) is 4.74. The van der Waals surface area contributed by atoms with Crippen LogP contribution >= 0.6 is 0 Å². The van der Waals surface area contributed by atoms with Gasteiger partial charge in [0.2, 0.25) is 0 Å². The van der Waals surface area contributed by atoms with Gasteiger partial charge in [-0.1, -0.05) is 44.2 Å². The zero-order valence-electron chi connectivity index (χ0n) is 11.8. The monoisotopic (exact) mass is 257 g/mol. The molecule has 2 aromatic rings. The van der Waals surface area contributed by atoms with E-state index in [0.717, 1.165) is 25.0 Å². The number of aromatic nitrogens is 2. The van der Waals surface area contributed by atoms with Crippen molar-refractivity contribution in [3.63, 3.8) is 0 Å². The summed E-state index contributed by atoms with van der Waals surface area (Å²) >= 11 is 0. The number of nitrogens with zero attached hydrogens (tertiary/aromatic N) is 2. The number of hydrogen-bond acceptors (Lipinski definition) is 2. The summed E-state index contributed by atoms with van der Waals surface area (Å²) in [7, 11) is 0. The largest absolute Gasteiger partial charge is 0.324 e. The van der Waals surface area contributed by atoms with Crippen LogP contribution < -0.4 is 5.73 Å². The minimum atomic E-state index is 0.0197. The van der Waals surface area contributed by atoms with Crippen molar-refractivity contribution in [3.05, 3.63) is 53.9 Å². The van der Waals surface area contributed by atoms with E-state index in [1.54, 1.807) is 0 Å². The minimum Gasteiger partial charge on any atom is -0.324 e. The highest BCUT2D eigenvalue weighted by Crippen LogP contribution is 2.18. The van der Waals surface area contributed by atoms with Gasteiger partial charge in [0, 0.05) is 18.7 Å². The molecule has 0 amide bonds. The van der Waals surface area contributed by atoms with Crippen molar-refractivity contribution in [1.29, 1.82) is 0 Å². The van der Waals surface area contributed by atoms with Crippen LogP contribution in [0.4, 0.5) is 0 Å². The van der Waals surface area contributed by atoms with Crippen LogP contribution in [0, 0.1) is 0 Å². The fourth-order valence-corrected chi connectivity index (χ4v) is 2.40. The predicted molar refractivity (Wildman–Crippen MR) is 78.9 cm³/mol. The van der Waals surface area contributed by atoms with Gasteiger partial charge in [-0.3, -0.25) is 4.68 Å². The van der Waals surface area contributed by atoms with Gasteiger partial charge < -0.3 is 5.73 Å². The summed E-state index contributed by atoms with van der Waals surface area (Å²) in [6.07, 6.45) is 5.09. The van der Waals surface area contributed by atoms with Gasteiger partial charge >= 0.3 is 0 Å². The SMILES string of the molecule is CCC(CC)n1ccc(CC(N)c2ccccc2)n1. The molecule has 0 aliphatic heterocycles. The van der Waals surface area contributed by atoms with Crippen LogP contribution in [0.5, 0.6) is 0 Å². The van der Waals surface area contributed by atoms with Crippen molar-refractivity contribution >= 4 is 0 Å². The van der Waals surface area contributed by atoms with E-state index in [9.17, 15) is 0 Å². The average Bonchev–Trinajstić information content (AvgIpc) is 2.89. The molecule has 1 heterocycles. The van der Waals surface area contributed by atoms with E-state index in [1.807, 2.05) is 18.2 Å². The van der Waals surface area contributed by atoms with E-state index in [1.165, 1.54) is 5.56 Å². The molecule has 2 rings (SSSR count). The highest BCUT2D eigenvalue weighted by atomic mass is 15.3. The molecular formula is C16H23N3. The zero-order valence-corrected chi connectivity index (χ0v) is 11.8. The average molecular weight is 257 g/mol. The molecule has 0 fully saturated rings. The van der Waals surface area contributed by atoms with Crippen molar-refractivity contribution in [3.8, 4) is 0 Å². The molecule has 1 aromatic carbocycles. The van der Waals surface area contributed by atoms with Crippen LogP contribution in [0.2, 0.25) is 0 Å². The normalized spacial score (nSPS) is 12.8. The maximum atomic E-state index is 6.23. The Labute approximate surface area is 115 Å². The first-order valence-electron chi connectivity index (χ1n) is 7.09. The summed E-state index contributed by atoms with van der Waals surface area (Å²) in [5.41, 5.74) is 8.47. The first-order chi connectivity index (χ1) is 9.24. The Morgan fingerprint density at radius 3 is 2.42 bits per heavy atom. The van der Waals surface area contributed by atoms with Crippen LogP contribution in [0.15, 0.2) is 42.6 Å². The van der Waals surface area contributed by atoms with Crippen molar-refractivity contribution in [2.75, 3.05) is 0 Å². The Balaban J connectivity index is 2.04. The number of rotatable bonds is 6. The van der Waals surface area contributed by atoms with Crippen LogP contribution in [0.1, 0.15) is 50.0 Å². The van der Waals surface area contributed by atoms with E-state index in [-0.39, 0.29) is 6.04 Å². The molecule has 0 spiro atoms. The van der Waals surface area contributed by atoms with Gasteiger partial charge in [-0.15, -0.1) is 0 Å². The third-order valence-corrected chi connectivity index (χ3v) is 3.64. The van der Waals surface area contributed by atoms with Gasteiger partial charge in [0.05, 0.1) is 11.7 Å². The number of hydrogen-bond donors (Lipinski definition) is 1. The molecule has 2 N–H and O–H groups in total. The van der Waals surface area contributed by atoms with E-state index in [0.29, 0.717) is 6.04 Å². The van der Waals surface area contributed by atoms with Crippen molar-refractivity contribution in [2.45, 2.75) is 45.2 Å². The Morgan fingerprint density at radius 1 is 1.11 bits per heavy atom. The maximum Gasteiger partial charge on any atom is 0.0643 e. The lowest BCUT2D eigenvalue weighted by Gasteiger charge is -2.13. The molecule has 0 radical (unpaired) electrons. The molecule has 1 unspecified atom stereocenters. The third-order valence-electron chi connectivity index (χ3n) is 3.64. The highest BCUT2D eigenvalue weighted by molar-refractivity contribution is 5.20. The smallest absolute Gasteiger partial charge is 0.0643 e. The molecule has 0 aliphatic carbocycles. The van der Waals surface area contributed by atoms with E-state index in [2.05, 4.69) is 48.0 Å². The summed E-state index contributed by atoms with van der Waals surface area (Å²) in [4.78, 5) is 0. The summed E-state index contributed by atoms with van der Waals surface area (Å²) in [5.74, 6) is 0. The lowest BCUT2D eigenvalue weighted by atomic mass is 10.0. The van der Waals surface area contributed by atoms with Gasteiger partial charge in [-0.05, 0) is 24.5 Å². The van der Waals surface area contributed by atoms with Gasteiger partial charge in [0.15, 0.2) is 0 Å². The van der Waals surface area contributed by atoms with Crippen molar-refractivity contribution in [2.24, 2.45) is 5.73 Å². The second-order valence-corrected chi connectivity index (χ2v) is 4.98. The van der Waals surface area contributed by atoms with Crippen LogP contribution in [-0.4, -0.2) is 9.78 Å². The van der Waals surface area contributed by atoms with Gasteiger partial charge in [0.1, 0.15) is 0 Å². The third kappa shape index (κ3) is 3.44. The van der Waals surface area contributed by atoms with E-state index in [4.69, 9.17) is 5.73 Å². The Hall–Kier alpha value is -1.61. The fourth-order valence-electron chi connectivity index (χ4n) is 2.40. The minimum absolute atomic E-state index is 0.0197. The van der Waals surface area contributed by atoms with E-state index < -0.39 is 0 Å². The zero-order chi connectivity index (χ0) is 13.7. The molecule has 0 aliphatic rings. The maximum absolute atomic E-state index is 6.23. The highest BCUT2D eigenvalue weighted by Gasteiger charge is 2.11. The summed E-state index contributed by atoms with van der Waals surface area (Å²) < 4.78 is 2.08. The Morgan fingerprint density at radius 2 is 1.79 bits per heavy atom. The second-order valence-electron chi connectivity index (χ2n) is 4.98. The molecule has 102 valence electrons. The number of benzene rings is 1. The van der Waals surface area contributed by atoms with Gasteiger partial charge in [0.25, 0.3) is 0 Å². The van der Waals surface area contributed by atoms with Crippen LogP contribution in [0.25, 0.3) is 0 Å². The summed E-state index contributed by atoms with van der Waals surface area (Å²) in [5, 5.41) is 4.65. The molecular weight excluding hydrogens is 234 g/mol. The standard InChI is InChI=1S/C16H23N3/c1-3-15(4-2)19-11-10-14(18-19)12-16(17)13-8-6-5-7-9-13/h5-11,15-16H,3-4,12,17H2,1-2H3. The Bertz CT molecular complexity index is 486. The topological polar surface area (TPSA) is 43.8 Å². The molecule has 1 aromatic heterocycles. The molecule has 1 atom stereocenters. The molecule has 19 heavy (non-hydrogen) atoms. The number of nitrogens with two attached hydrogens (primary N) is 1. The lowest BCUT2D eigenvalue weighted by Crippen LogP contribution is -2.14. The van der Waals surface area contributed by atoms with Gasteiger partial charge in [-0.25, -0.2) is 0 Å². The van der Waals surface area contributed by atoms with Gasteiger partial charge in [-0.2, -0.15) is 5.10 Å². The molecule has 0 saturated heterocycles. The van der Waals surface area contributed by atoms with Crippen LogP contribution in [-0.2, 0) is 6.42 Å². The first-order valence-corrected chi connectivity index (χ1v) is 7.09. The molecule has 0 bridgehead atoms. The summed E-state index contributed by atoms with van der Waals surface area (Å²) in [6, 6.07) is 12.8.